The molecule has 182 valence electrons. The molecule has 0 bridgehead atoms. The molecule has 1 aromatic carbocycles. The lowest BCUT2D eigenvalue weighted by molar-refractivity contribution is -0.133. The molecule has 2 unspecified atom stereocenters. The third-order valence-electron chi connectivity index (χ3n) is 6.72. The monoisotopic (exact) mass is 530 g/mol. The van der Waals surface area contributed by atoms with Crippen molar-refractivity contribution in [2.45, 2.75) is 52.4 Å². The Morgan fingerprint density at radius 3 is 2.44 bits per heavy atom. The lowest BCUT2D eigenvalue weighted by Gasteiger charge is -2.39. The number of hydrogen-bond donors (Lipinski definition) is 1. The number of halogens is 1. The minimum absolute atomic E-state index is 0.0366. The van der Waals surface area contributed by atoms with E-state index in [1.54, 1.807) is 4.90 Å². The van der Waals surface area contributed by atoms with Gasteiger partial charge >= 0.3 is 0 Å². The van der Waals surface area contributed by atoms with Crippen LogP contribution in [0.25, 0.3) is 10.9 Å². The maximum Gasteiger partial charge on any atom is 0.256 e. The van der Waals surface area contributed by atoms with E-state index in [4.69, 9.17) is 4.74 Å². The van der Waals surface area contributed by atoms with E-state index in [9.17, 15) is 14.4 Å². The molecule has 2 aromatic rings. The molecule has 2 aliphatic heterocycles. The van der Waals surface area contributed by atoms with Crippen LogP contribution in [0.4, 0.5) is 0 Å². The van der Waals surface area contributed by atoms with Gasteiger partial charge in [-0.05, 0) is 51.5 Å². The normalized spacial score (nSPS) is 20.9. The zero-order valence-electron chi connectivity index (χ0n) is 20.1. The van der Waals surface area contributed by atoms with Gasteiger partial charge in [-0.15, -0.1) is 0 Å². The first-order valence-corrected chi connectivity index (χ1v) is 12.3. The number of nitrogens with one attached hydrogen (secondary N) is 1. The highest BCUT2D eigenvalue weighted by molar-refractivity contribution is 9.10. The van der Waals surface area contributed by atoms with Crippen molar-refractivity contribution >= 4 is 44.6 Å². The molecule has 4 rings (SSSR count). The Morgan fingerprint density at radius 1 is 1.18 bits per heavy atom. The summed E-state index contributed by atoms with van der Waals surface area (Å²) in [6.45, 7) is 13.4. The van der Waals surface area contributed by atoms with Gasteiger partial charge in [-0.25, -0.2) is 0 Å². The van der Waals surface area contributed by atoms with E-state index in [2.05, 4.69) is 27.8 Å². The summed E-state index contributed by atoms with van der Waals surface area (Å²) >= 11 is 3.57. The molecule has 0 radical (unpaired) electrons. The van der Waals surface area contributed by atoms with Gasteiger partial charge < -0.3 is 24.4 Å². The van der Waals surface area contributed by atoms with Crippen molar-refractivity contribution in [1.82, 2.24) is 19.7 Å². The van der Waals surface area contributed by atoms with Gasteiger partial charge in [0.1, 0.15) is 6.54 Å². The number of rotatable bonds is 5. The van der Waals surface area contributed by atoms with Gasteiger partial charge in [0.25, 0.3) is 5.91 Å². The van der Waals surface area contributed by atoms with Crippen LogP contribution in [-0.4, -0.2) is 76.5 Å². The minimum atomic E-state index is -0.148. The van der Waals surface area contributed by atoms with Crippen molar-refractivity contribution < 1.29 is 19.1 Å². The van der Waals surface area contributed by atoms with Gasteiger partial charge in [0, 0.05) is 28.6 Å². The zero-order valence-corrected chi connectivity index (χ0v) is 21.6. The average molecular weight is 531 g/mol. The van der Waals surface area contributed by atoms with Crippen molar-refractivity contribution in [2.75, 3.05) is 26.3 Å². The number of amides is 3. The van der Waals surface area contributed by atoms with E-state index in [1.807, 2.05) is 49.3 Å². The molecule has 3 amide bonds. The first kappa shape index (κ1) is 24.5. The van der Waals surface area contributed by atoms with Crippen molar-refractivity contribution in [3.8, 4) is 0 Å². The Kier molecular flexibility index (Phi) is 6.87. The second kappa shape index (κ2) is 9.54. The topological polar surface area (TPSA) is 83.9 Å². The summed E-state index contributed by atoms with van der Waals surface area (Å²) in [6.07, 6.45) is 1.28. The Hall–Kier alpha value is -2.65. The summed E-state index contributed by atoms with van der Waals surface area (Å²) in [4.78, 5) is 42.0. The molecule has 2 saturated heterocycles. The number of likely N-dealkylation sites (tertiary alicyclic amines) is 1. The van der Waals surface area contributed by atoms with E-state index < -0.39 is 0 Å². The number of ether oxygens (including phenoxy) is 1. The standard InChI is InChI=1S/C25H31BrN4O4/c1-6-22(32)28-9-19(10-28)27-21(31)11-29-17(5)23(20-8-18(26)7-14(2)24(20)29)25(33)30-15(3)12-34-13-16(30)4/h6-8,15-16,19H,1,9-13H2,2-5H3,(H,27,31). The van der Waals surface area contributed by atoms with Crippen molar-refractivity contribution in [3.63, 3.8) is 0 Å². The Labute approximate surface area is 208 Å². The maximum atomic E-state index is 13.8. The van der Waals surface area contributed by atoms with Crippen molar-refractivity contribution in [2.24, 2.45) is 0 Å². The summed E-state index contributed by atoms with van der Waals surface area (Å²) < 4.78 is 8.44. The SMILES string of the molecule is C=CC(=O)N1CC(NC(=O)Cn2c(C)c(C(=O)N3C(C)COCC3C)c3cc(Br)cc(C)c32)C1. The molecular weight excluding hydrogens is 500 g/mol. The lowest BCUT2D eigenvalue weighted by atomic mass is 10.0. The summed E-state index contributed by atoms with van der Waals surface area (Å²) in [7, 11) is 0. The number of nitrogens with zero attached hydrogens (tertiary/aromatic N) is 3. The molecule has 3 heterocycles. The maximum absolute atomic E-state index is 13.8. The van der Waals surface area contributed by atoms with Crippen LogP contribution in [0.3, 0.4) is 0 Å². The molecule has 1 aromatic heterocycles. The molecule has 2 atom stereocenters. The Morgan fingerprint density at radius 2 is 1.82 bits per heavy atom. The quantitative estimate of drug-likeness (QED) is 0.602. The number of aryl methyl sites for hydroxylation is 1. The van der Waals surface area contributed by atoms with Gasteiger partial charge in [0.2, 0.25) is 11.8 Å². The summed E-state index contributed by atoms with van der Waals surface area (Å²) in [5.74, 6) is -0.321. The summed E-state index contributed by atoms with van der Waals surface area (Å²) in [5.41, 5.74) is 3.25. The van der Waals surface area contributed by atoms with Gasteiger partial charge in [-0.3, -0.25) is 14.4 Å². The molecule has 2 fully saturated rings. The average Bonchev–Trinajstić information content (AvgIpc) is 3.00. The number of fused-ring (bicyclic) bond motifs is 1. The van der Waals surface area contributed by atoms with Crippen LogP contribution in [0, 0.1) is 13.8 Å². The van der Waals surface area contributed by atoms with Crippen LogP contribution in [0.2, 0.25) is 0 Å². The van der Waals surface area contributed by atoms with Crippen LogP contribution >= 0.6 is 15.9 Å². The van der Waals surface area contributed by atoms with E-state index in [0.717, 1.165) is 26.6 Å². The number of aromatic nitrogens is 1. The summed E-state index contributed by atoms with van der Waals surface area (Å²) in [5, 5.41) is 3.84. The highest BCUT2D eigenvalue weighted by Gasteiger charge is 2.34. The third-order valence-corrected chi connectivity index (χ3v) is 7.18. The number of carbonyl (C=O) groups is 3. The molecule has 0 spiro atoms. The van der Waals surface area contributed by atoms with Crippen LogP contribution in [0.15, 0.2) is 29.3 Å². The van der Waals surface area contributed by atoms with E-state index in [1.165, 1.54) is 6.08 Å². The van der Waals surface area contributed by atoms with Gasteiger partial charge in [0.15, 0.2) is 0 Å². The lowest BCUT2D eigenvalue weighted by Crippen LogP contribution is -2.61. The van der Waals surface area contributed by atoms with Crippen LogP contribution in [0.5, 0.6) is 0 Å². The predicted molar refractivity (Wildman–Crippen MR) is 134 cm³/mol. The van der Waals surface area contributed by atoms with Crippen molar-refractivity contribution in [3.05, 3.63) is 46.1 Å². The fourth-order valence-corrected chi connectivity index (χ4v) is 5.65. The predicted octanol–water partition coefficient (Wildman–Crippen LogP) is 2.78. The second-order valence-corrected chi connectivity index (χ2v) is 10.2. The molecule has 9 heteroatoms. The van der Waals surface area contributed by atoms with Gasteiger partial charge in [-0.1, -0.05) is 22.5 Å². The third kappa shape index (κ3) is 4.38. The van der Waals surface area contributed by atoms with Gasteiger partial charge in [0.05, 0.1) is 42.4 Å². The number of hydrogen-bond acceptors (Lipinski definition) is 4. The van der Waals surface area contributed by atoms with E-state index >= 15 is 0 Å². The van der Waals surface area contributed by atoms with E-state index in [-0.39, 0.29) is 42.4 Å². The zero-order chi connectivity index (χ0) is 24.7. The largest absolute Gasteiger partial charge is 0.377 e. The summed E-state index contributed by atoms with van der Waals surface area (Å²) in [6, 6.07) is 3.80. The Balaban J connectivity index is 1.65. The van der Waals surface area contributed by atoms with Gasteiger partial charge in [-0.2, -0.15) is 0 Å². The molecule has 0 aliphatic carbocycles. The highest BCUT2D eigenvalue weighted by atomic mass is 79.9. The molecule has 1 N–H and O–H groups in total. The molecule has 0 saturated carbocycles. The number of benzene rings is 1. The van der Waals surface area contributed by atoms with Crippen molar-refractivity contribution in [1.29, 1.82) is 0 Å². The first-order valence-electron chi connectivity index (χ1n) is 11.5. The molecule has 8 nitrogen and oxygen atoms in total. The highest BCUT2D eigenvalue weighted by Crippen LogP contribution is 2.33. The minimum Gasteiger partial charge on any atom is -0.377 e. The van der Waals surface area contributed by atoms with Crippen LogP contribution < -0.4 is 5.32 Å². The smallest absolute Gasteiger partial charge is 0.256 e. The number of carbonyl (C=O) groups excluding carboxylic acids is 3. The fourth-order valence-electron chi connectivity index (χ4n) is 5.08. The van der Waals surface area contributed by atoms with Crippen LogP contribution in [-0.2, 0) is 20.9 Å². The first-order chi connectivity index (χ1) is 16.1. The second-order valence-electron chi connectivity index (χ2n) is 9.33. The molecule has 2 aliphatic rings. The Bertz CT molecular complexity index is 1160. The fraction of sp³-hybridized carbons (Fsp3) is 0.480. The van der Waals surface area contributed by atoms with E-state index in [0.29, 0.717) is 31.9 Å². The van der Waals surface area contributed by atoms with Crippen LogP contribution in [0.1, 0.15) is 35.5 Å². The molecule has 34 heavy (non-hydrogen) atoms. The number of morpholine rings is 1. The molecular formula is C25H31BrN4O4.